The third-order valence-corrected chi connectivity index (χ3v) is 9.08. The molecule has 1 saturated heterocycles. The van der Waals surface area contributed by atoms with Gasteiger partial charge in [0.1, 0.15) is 6.04 Å². The molecule has 1 fully saturated rings. The number of piperidine rings is 1. The van der Waals surface area contributed by atoms with Crippen molar-refractivity contribution >= 4 is 33.0 Å². The summed E-state index contributed by atoms with van der Waals surface area (Å²) in [6.45, 7) is 5.53. The Morgan fingerprint density at radius 2 is 1.62 bits per heavy atom. The van der Waals surface area contributed by atoms with E-state index >= 15 is 0 Å². The zero-order valence-electron chi connectivity index (χ0n) is 22.5. The minimum atomic E-state index is -3.77. The second kappa shape index (κ2) is 11.8. The van der Waals surface area contributed by atoms with Gasteiger partial charge in [-0.05, 0) is 56.0 Å². The lowest BCUT2D eigenvalue weighted by atomic mass is 9.97. The van der Waals surface area contributed by atoms with Crippen molar-refractivity contribution in [1.29, 1.82) is 0 Å². The predicted molar refractivity (Wildman–Crippen MR) is 157 cm³/mol. The molecule has 3 atom stereocenters. The third-order valence-electron chi connectivity index (χ3n) is 7.75. The van der Waals surface area contributed by atoms with Gasteiger partial charge in [-0.25, -0.2) is 8.42 Å². The molecule has 1 amide bonds. The van der Waals surface area contributed by atoms with Crippen LogP contribution in [0.25, 0.3) is 0 Å². The predicted octanol–water partition coefficient (Wildman–Crippen LogP) is 5.57. The van der Waals surface area contributed by atoms with Crippen LogP contribution in [0.1, 0.15) is 62.3 Å². The lowest BCUT2D eigenvalue weighted by Crippen LogP contribution is -2.42. The van der Waals surface area contributed by atoms with Crippen LogP contribution < -0.4 is 10.0 Å². The van der Waals surface area contributed by atoms with E-state index in [9.17, 15) is 13.2 Å². The standard InChI is InChI=1S/C31H36N4O3S/c1-22-9-8-10-23(2)35(22)21-24-15-17-26(18-16-24)32-28(25-11-4-3-5-12-25)19-20-39(37,38)34-30-27-13-6-7-14-29(27)33-31(30)36/h3-7,11-18,22-23,30,34H,8-10,19-21H2,1-2H3,(H,33,36). The summed E-state index contributed by atoms with van der Waals surface area (Å²) in [5, 5.41) is 2.74. The van der Waals surface area contributed by atoms with Gasteiger partial charge in [-0.1, -0.05) is 67.1 Å². The first-order valence-electron chi connectivity index (χ1n) is 13.7. The summed E-state index contributed by atoms with van der Waals surface area (Å²) in [4.78, 5) is 19.9. The first kappa shape index (κ1) is 27.2. The van der Waals surface area contributed by atoms with Gasteiger partial charge in [0.2, 0.25) is 15.9 Å². The van der Waals surface area contributed by atoms with Crippen LogP contribution in [-0.4, -0.2) is 42.8 Å². The molecule has 8 heteroatoms. The van der Waals surface area contributed by atoms with Crippen LogP contribution >= 0.6 is 0 Å². The molecule has 2 aliphatic heterocycles. The molecule has 0 spiro atoms. The van der Waals surface area contributed by atoms with Gasteiger partial charge >= 0.3 is 0 Å². The van der Waals surface area contributed by atoms with Gasteiger partial charge < -0.3 is 5.32 Å². The van der Waals surface area contributed by atoms with E-state index in [0.29, 0.717) is 29.0 Å². The van der Waals surface area contributed by atoms with Gasteiger partial charge in [0.15, 0.2) is 0 Å². The average Bonchev–Trinajstić information content (AvgIpc) is 3.24. The molecule has 7 nitrogen and oxygen atoms in total. The first-order chi connectivity index (χ1) is 18.8. The number of nitrogens with one attached hydrogen (secondary N) is 2. The second-order valence-electron chi connectivity index (χ2n) is 10.6. The normalized spacial score (nSPS) is 21.9. The number of hydrogen-bond acceptors (Lipinski definition) is 5. The van der Waals surface area contributed by atoms with Crippen molar-refractivity contribution in [3.63, 3.8) is 0 Å². The maximum Gasteiger partial charge on any atom is 0.247 e. The summed E-state index contributed by atoms with van der Waals surface area (Å²) in [5.74, 6) is -0.555. The van der Waals surface area contributed by atoms with E-state index in [-0.39, 0.29) is 18.1 Å². The maximum absolute atomic E-state index is 13.1. The molecular formula is C31H36N4O3S. The number of carbonyl (C=O) groups is 1. The Bertz CT molecular complexity index is 1430. The lowest BCUT2D eigenvalue weighted by molar-refractivity contribution is -0.117. The van der Waals surface area contributed by atoms with Crippen molar-refractivity contribution in [2.75, 3.05) is 11.1 Å². The second-order valence-corrected chi connectivity index (χ2v) is 12.5. The number of nitrogens with zero attached hydrogens (tertiary/aromatic N) is 2. The highest BCUT2D eigenvalue weighted by Gasteiger charge is 2.33. The zero-order valence-corrected chi connectivity index (χ0v) is 23.3. The maximum atomic E-state index is 13.1. The number of hydrogen-bond donors (Lipinski definition) is 2. The summed E-state index contributed by atoms with van der Waals surface area (Å²) < 4.78 is 28.7. The van der Waals surface area contributed by atoms with E-state index in [1.807, 2.05) is 42.5 Å². The fourth-order valence-corrected chi connectivity index (χ4v) is 6.69. The van der Waals surface area contributed by atoms with Gasteiger partial charge in [-0.2, -0.15) is 4.72 Å². The SMILES string of the molecule is CC1CCCC(C)N1Cc1ccc(N=C(CCS(=O)(=O)NC2C(=O)Nc3ccccc32)c2ccccc2)cc1. The van der Waals surface area contributed by atoms with Crippen molar-refractivity contribution in [3.05, 3.63) is 95.6 Å². The fraction of sp³-hybridized carbons (Fsp3) is 0.355. The summed E-state index contributed by atoms with van der Waals surface area (Å²) >= 11 is 0. The van der Waals surface area contributed by atoms with E-state index in [1.54, 1.807) is 24.3 Å². The molecule has 3 unspecified atom stereocenters. The van der Waals surface area contributed by atoms with Gasteiger partial charge in [-0.3, -0.25) is 14.7 Å². The van der Waals surface area contributed by atoms with E-state index in [2.05, 4.69) is 40.9 Å². The van der Waals surface area contributed by atoms with Crippen LogP contribution in [0, 0.1) is 0 Å². The van der Waals surface area contributed by atoms with Crippen LogP contribution in [-0.2, 0) is 21.4 Å². The van der Waals surface area contributed by atoms with Crippen LogP contribution in [0.3, 0.4) is 0 Å². The highest BCUT2D eigenvalue weighted by molar-refractivity contribution is 7.89. The Morgan fingerprint density at radius 1 is 0.949 bits per heavy atom. The highest BCUT2D eigenvalue weighted by Crippen LogP contribution is 2.31. The largest absolute Gasteiger partial charge is 0.324 e. The van der Waals surface area contributed by atoms with E-state index in [0.717, 1.165) is 17.8 Å². The Labute approximate surface area is 231 Å². The van der Waals surface area contributed by atoms with Crippen LogP contribution in [0.5, 0.6) is 0 Å². The summed E-state index contributed by atoms with van der Waals surface area (Å²) in [7, 11) is -3.77. The number of amides is 1. The van der Waals surface area contributed by atoms with Crippen molar-refractivity contribution in [2.24, 2.45) is 4.99 Å². The number of anilines is 1. The van der Waals surface area contributed by atoms with Gasteiger partial charge in [0.05, 0.1) is 11.4 Å². The average molecular weight is 545 g/mol. The first-order valence-corrected chi connectivity index (χ1v) is 15.3. The third kappa shape index (κ3) is 6.64. The number of sulfonamides is 1. The van der Waals surface area contributed by atoms with Crippen molar-refractivity contribution in [1.82, 2.24) is 9.62 Å². The molecule has 2 N–H and O–H groups in total. The minimum Gasteiger partial charge on any atom is -0.324 e. The number of fused-ring (bicyclic) bond motifs is 1. The van der Waals surface area contributed by atoms with Gasteiger partial charge in [0.25, 0.3) is 0 Å². The van der Waals surface area contributed by atoms with Crippen molar-refractivity contribution in [2.45, 2.75) is 64.2 Å². The monoisotopic (exact) mass is 544 g/mol. The van der Waals surface area contributed by atoms with Crippen LogP contribution in [0.15, 0.2) is 83.9 Å². The molecule has 0 radical (unpaired) electrons. The molecule has 204 valence electrons. The zero-order chi connectivity index (χ0) is 27.4. The lowest BCUT2D eigenvalue weighted by Gasteiger charge is -2.39. The van der Waals surface area contributed by atoms with E-state index in [1.165, 1.54) is 24.8 Å². The number of benzene rings is 3. The number of rotatable bonds is 9. The van der Waals surface area contributed by atoms with Gasteiger partial charge in [-0.15, -0.1) is 0 Å². The van der Waals surface area contributed by atoms with E-state index < -0.39 is 16.1 Å². The van der Waals surface area contributed by atoms with Crippen LogP contribution in [0.2, 0.25) is 0 Å². The number of carbonyl (C=O) groups excluding carboxylic acids is 1. The highest BCUT2D eigenvalue weighted by atomic mass is 32.2. The smallest absolute Gasteiger partial charge is 0.247 e. The molecule has 0 aliphatic carbocycles. The Kier molecular flexibility index (Phi) is 8.26. The minimum absolute atomic E-state index is 0.185. The number of likely N-dealkylation sites (tertiary alicyclic amines) is 1. The molecule has 3 aromatic rings. The Balaban J connectivity index is 1.30. The van der Waals surface area contributed by atoms with Crippen LogP contribution in [0.4, 0.5) is 11.4 Å². The fourth-order valence-electron chi connectivity index (χ4n) is 5.52. The molecule has 0 bridgehead atoms. The molecule has 39 heavy (non-hydrogen) atoms. The topological polar surface area (TPSA) is 90.9 Å². The molecule has 3 aromatic carbocycles. The van der Waals surface area contributed by atoms with Crippen molar-refractivity contribution in [3.8, 4) is 0 Å². The Hall–Kier alpha value is -3.33. The summed E-state index contributed by atoms with van der Waals surface area (Å²) in [6, 6.07) is 25.2. The number of para-hydroxylation sites is 1. The van der Waals surface area contributed by atoms with E-state index in [4.69, 9.17) is 4.99 Å². The Morgan fingerprint density at radius 3 is 2.33 bits per heavy atom. The van der Waals surface area contributed by atoms with Gasteiger partial charge in [0, 0.05) is 42.0 Å². The summed E-state index contributed by atoms with van der Waals surface area (Å²) in [6.07, 6.45) is 3.98. The quantitative estimate of drug-likeness (QED) is 0.345. The molecular weight excluding hydrogens is 508 g/mol. The molecule has 5 rings (SSSR count). The summed E-state index contributed by atoms with van der Waals surface area (Å²) in [5.41, 5.74) is 4.86. The molecule has 2 heterocycles. The number of aliphatic imine (C=N–C) groups is 1. The molecule has 0 saturated carbocycles. The molecule has 2 aliphatic rings. The molecule has 0 aromatic heterocycles. The van der Waals surface area contributed by atoms with Crippen molar-refractivity contribution < 1.29 is 13.2 Å².